The molecule has 0 amide bonds. The van der Waals surface area contributed by atoms with Crippen LogP contribution in [0.2, 0.25) is 5.15 Å². The van der Waals surface area contributed by atoms with Gasteiger partial charge in [0.1, 0.15) is 16.8 Å². The van der Waals surface area contributed by atoms with E-state index in [1.54, 1.807) is 6.20 Å². The van der Waals surface area contributed by atoms with E-state index in [1.165, 1.54) is 0 Å². The summed E-state index contributed by atoms with van der Waals surface area (Å²) in [5, 5.41) is 4.31. The van der Waals surface area contributed by atoms with Crippen molar-refractivity contribution in [1.82, 2.24) is 24.4 Å². The summed E-state index contributed by atoms with van der Waals surface area (Å²) in [6, 6.07) is 0.198. The maximum absolute atomic E-state index is 6.08. The van der Waals surface area contributed by atoms with E-state index in [1.807, 2.05) is 24.0 Å². The summed E-state index contributed by atoms with van der Waals surface area (Å²) in [7, 11) is 1.93. The zero-order valence-electron chi connectivity index (χ0n) is 13.7. The number of hydrogen-bond donors (Lipinski definition) is 1. The van der Waals surface area contributed by atoms with E-state index < -0.39 is 0 Å². The molecule has 1 aliphatic heterocycles. The summed E-state index contributed by atoms with van der Waals surface area (Å²) in [5.41, 5.74) is 0. The molecule has 3 rings (SSSR count). The van der Waals surface area contributed by atoms with E-state index in [0.29, 0.717) is 17.6 Å². The van der Waals surface area contributed by atoms with Crippen LogP contribution in [0.15, 0.2) is 18.6 Å². The number of nitrogens with zero attached hydrogens (tertiary/aromatic N) is 4. The lowest BCUT2D eigenvalue weighted by Gasteiger charge is -2.31. The molecule has 0 spiro atoms. The number of ether oxygens (including phenoxy) is 1. The monoisotopic (exact) mass is 337 g/mol. The number of imidazole rings is 2. The van der Waals surface area contributed by atoms with Gasteiger partial charge in [-0.1, -0.05) is 11.6 Å². The molecule has 0 radical (unpaired) electrons. The van der Waals surface area contributed by atoms with Crippen molar-refractivity contribution in [3.8, 4) is 0 Å². The summed E-state index contributed by atoms with van der Waals surface area (Å²) in [6.45, 7) is 5.38. The Kier molecular flexibility index (Phi) is 5.35. The van der Waals surface area contributed by atoms with Gasteiger partial charge in [0, 0.05) is 39.2 Å². The Morgan fingerprint density at radius 1 is 1.39 bits per heavy atom. The van der Waals surface area contributed by atoms with Gasteiger partial charge in [0.15, 0.2) is 0 Å². The SMILES string of the molecule is CCn1ccnc1[C@H](NCc1ncc(Cl)n1C)C1CCOCC1. The van der Waals surface area contributed by atoms with E-state index in [9.17, 15) is 0 Å². The molecule has 0 saturated carbocycles. The molecular weight excluding hydrogens is 314 g/mol. The number of hydrogen-bond acceptors (Lipinski definition) is 4. The van der Waals surface area contributed by atoms with Gasteiger partial charge in [0.05, 0.1) is 18.8 Å². The average Bonchev–Trinajstić information content (AvgIpc) is 3.17. The highest BCUT2D eigenvalue weighted by atomic mass is 35.5. The molecule has 3 heterocycles. The summed E-state index contributed by atoms with van der Waals surface area (Å²) in [5.74, 6) is 2.55. The van der Waals surface area contributed by atoms with E-state index in [2.05, 4.69) is 26.8 Å². The van der Waals surface area contributed by atoms with E-state index in [-0.39, 0.29) is 6.04 Å². The minimum Gasteiger partial charge on any atom is -0.381 e. The van der Waals surface area contributed by atoms with Crippen molar-refractivity contribution in [3.05, 3.63) is 35.4 Å². The number of halogens is 1. The molecule has 126 valence electrons. The molecule has 1 aliphatic rings. The van der Waals surface area contributed by atoms with Crippen LogP contribution in [0, 0.1) is 5.92 Å². The highest BCUT2D eigenvalue weighted by Gasteiger charge is 2.28. The molecule has 2 aromatic rings. The van der Waals surface area contributed by atoms with Crippen molar-refractivity contribution < 1.29 is 4.74 Å². The van der Waals surface area contributed by atoms with Gasteiger partial charge < -0.3 is 19.2 Å². The van der Waals surface area contributed by atoms with Crippen molar-refractivity contribution in [1.29, 1.82) is 0 Å². The number of nitrogens with one attached hydrogen (secondary N) is 1. The lowest BCUT2D eigenvalue weighted by Crippen LogP contribution is -2.34. The first kappa shape index (κ1) is 16.5. The second-order valence-electron chi connectivity index (χ2n) is 5.94. The predicted molar refractivity (Wildman–Crippen MR) is 89.2 cm³/mol. The minimum atomic E-state index is 0.198. The van der Waals surface area contributed by atoms with Gasteiger partial charge in [0.25, 0.3) is 0 Å². The van der Waals surface area contributed by atoms with Crippen LogP contribution >= 0.6 is 11.6 Å². The van der Waals surface area contributed by atoms with Crippen molar-refractivity contribution >= 4 is 11.6 Å². The second kappa shape index (κ2) is 7.47. The number of aryl methyl sites for hydroxylation is 1. The average molecular weight is 338 g/mol. The van der Waals surface area contributed by atoms with Gasteiger partial charge in [0.2, 0.25) is 0 Å². The third kappa shape index (κ3) is 3.59. The Hall–Kier alpha value is -1.37. The molecule has 6 nitrogen and oxygen atoms in total. The summed E-state index contributed by atoms with van der Waals surface area (Å²) < 4.78 is 9.63. The van der Waals surface area contributed by atoms with Crippen LogP contribution in [0.5, 0.6) is 0 Å². The summed E-state index contributed by atoms with van der Waals surface area (Å²) in [4.78, 5) is 8.98. The first-order chi connectivity index (χ1) is 11.2. The third-order valence-corrected chi connectivity index (χ3v) is 4.96. The van der Waals surface area contributed by atoms with Gasteiger partial charge >= 0.3 is 0 Å². The van der Waals surface area contributed by atoms with Crippen LogP contribution in [0.1, 0.15) is 37.5 Å². The molecule has 0 aromatic carbocycles. The Morgan fingerprint density at radius 3 is 2.83 bits per heavy atom. The molecule has 0 aliphatic carbocycles. The van der Waals surface area contributed by atoms with Crippen LogP contribution in [0.4, 0.5) is 0 Å². The molecule has 1 N–H and O–H groups in total. The van der Waals surface area contributed by atoms with Gasteiger partial charge in [-0.15, -0.1) is 0 Å². The Balaban J connectivity index is 1.78. The minimum absolute atomic E-state index is 0.198. The maximum atomic E-state index is 6.08. The lowest BCUT2D eigenvalue weighted by atomic mass is 9.91. The lowest BCUT2D eigenvalue weighted by molar-refractivity contribution is 0.0515. The first-order valence-electron chi connectivity index (χ1n) is 8.19. The highest BCUT2D eigenvalue weighted by molar-refractivity contribution is 6.29. The van der Waals surface area contributed by atoms with Crippen molar-refractivity contribution in [2.45, 2.75) is 38.9 Å². The van der Waals surface area contributed by atoms with Crippen molar-refractivity contribution in [3.63, 3.8) is 0 Å². The highest BCUT2D eigenvalue weighted by Crippen LogP contribution is 2.29. The van der Waals surface area contributed by atoms with Crippen LogP contribution < -0.4 is 5.32 Å². The van der Waals surface area contributed by atoms with Crippen molar-refractivity contribution in [2.75, 3.05) is 13.2 Å². The Labute approximate surface area is 141 Å². The largest absolute Gasteiger partial charge is 0.381 e. The quantitative estimate of drug-likeness (QED) is 0.880. The van der Waals surface area contributed by atoms with E-state index >= 15 is 0 Å². The maximum Gasteiger partial charge on any atom is 0.128 e. The number of aromatic nitrogens is 4. The molecule has 23 heavy (non-hydrogen) atoms. The van der Waals surface area contributed by atoms with Crippen LogP contribution in [0.3, 0.4) is 0 Å². The van der Waals surface area contributed by atoms with Gasteiger partial charge in [-0.25, -0.2) is 9.97 Å². The fourth-order valence-corrected chi connectivity index (χ4v) is 3.32. The molecule has 0 unspecified atom stereocenters. The van der Waals surface area contributed by atoms with E-state index in [4.69, 9.17) is 16.3 Å². The fourth-order valence-electron chi connectivity index (χ4n) is 3.17. The van der Waals surface area contributed by atoms with Crippen molar-refractivity contribution in [2.24, 2.45) is 13.0 Å². The summed E-state index contributed by atoms with van der Waals surface area (Å²) in [6.07, 6.45) is 7.71. The zero-order valence-corrected chi connectivity index (χ0v) is 14.5. The molecule has 1 saturated heterocycles. The number of rotatable bonds is 6. The smallest absolute Gasteiger partial charge is 0.128 e. The normalized spacial score (nSPS) is 17.5. The zero-order chi connectivity index (χ0) is 16.2. The first-order valence-corrected chi connectivity index (χ1v) is 8.56. The molecule has 1 atom stereocenters. The molecule has 0 bridgehead atoms. The molecule has 2 aromatic heterocycles. The predicted octanol–water partition coefficient (Wildman–Crippen LogP) is 2.55. The van der Waals surface area contributed by atoms with Crippen LogP contribution in [-0.2, 0) is 24.9 Å². The van der Waals surface area contributed by atoms with Crippen LogP contribution in [0.25, 0.3) is 0 Å². The second-order valence-corrected chi connectivity index (χ2v) is 6.32. The van der Waals surface area contributed by atoms with Gasteiger partial charge in [-0.2, -0.15) is 0 Å². The topological polar surface area (TPSA) is 56.9 Å². The Morgan fingerprint density at radius 2 is 2.17 bits per heavy atom. The Bertz CT molecular complexity index is 632. The van der Waals surface area contributed by atoms with Gasteiger partial charge in [-0.05, 0) is 25.7 Å². The fraction of sp³-hybridized carbons (Fsp3) is 0.625. The molecule has 1 fully saturated rings. The molecular formula is C16H24ClN5O. The van der Waals surface area contributed by atoms with Crippen LogP contribution in [-0.4, -0.2) is 32.3 Å². The van der Waals surface area contributed by atoms with E-state index in [0.717, 1.165) is 44.2 Å². The standard InChI is InChI=1S/C16H24ClN5O/c1-3-22-7-6-18-16(22)15(12-4-8-23-9-5-12)20-11-14-19-10-13(17)21(14)2/h6-7,10,12,15,20H,3-5,8-9,11H2,1-2H3/t15-/m1/s1. The van der Waals surface area contributed by atoms with Gasteiger partial charge in [-0.3, -0.25) is 0 Å². The summed E-state index contributed by atoms with van der Waals surface area (Å²) >= 11 is 6.08. The third-order valence-electron chi connectivity index (χ3n) is 4.61. The molecule has 7 heteroatoms.